The van der Waals surface area contributed by atoms with Crippen LogP contribution >= 0.6 is 11.3 Å². The van der Waals surface area contributed by atoms with Gasteiger partial charge in [0, 0.05) is 11.9 Å². The molecule has 0 saturated heterocycles. The third-order valence-corrected chi connectivity index (χ3v) is 3.30. The van der Waals surface area contributed by atoms with Crippen LogP contribution < -0.4 is 5.32 Å². The van der Waals surface area contributed by atoms with Crippen LogP contribution in [-0.4, -0.2) is 26.1 Å². The van der Waals surface area contributed by atoms with E-state index in [1.807, 2.05) is 13.0 Å². The molecule has 2 N–H and O–H groups in total. The molecule has 0 spiro atoms. The minimum Gasteiger partial charge on any atom is -0.296 e. The number of aromatic nitrogens is 4. The lowest BCUT2D eigenvalue weighted by molar-refractivity contribution is 0.102. The first kappa shape index (κ1) is 10.8. The van der Waals surface area contributed by atoms with Gasteiger partial charge in [-0.2, -0.15) is 5.10 Å². The van der Waals surface area contributed by atoms with Crippen molar-refractivity contribution in [2.45, 2.75) is 6.92 Å². The van der Waals surface area contributed by atoms with Crippen molar-refractivity contribution in [2.24, 2.45) is 0 Å². The van der Waals surface area contributed by atoms with Crippen LogP contribution in [0.15, 0.2) is 24.5 Å². The summed E-state index contributed by atoms with van der Waals surface area (Å²) in [4.78, 5) is 20.2. The molecule has 18 heavy (non-hydrogen) atoms. The lowest BCUT2D eigenvalue weighted by Crippen LogP contribution is -2.11. The van der Waals surface area contributed by atoms with Crippen molar-refractivity contribution in [1.29, 1.82) is 0 Å². The van der Waals surface area contributed by atoms with Crippen LogP contribution in [-0.2, 0) is 0 Å². The summed E-state index contributed by atoms with van der Waals surface area (Å²) in [5, 5.41) is 9.66. The number of rotatable bonds is 2. The van der Waals surface area contributed by atoms with Gasteiger partial charge in [0.25, 0.3) is 5.91 Å². The lowest BCUT2D eigenvalue weighted by atomic mass is 10.4. The highest BCUT2D eigenvalue weighted by molar-refractivity contribution is 7.22. The molecule has 7 heteroatoms. The zero-order valence-electron chi connectivity index (χ0n) is 9.47. The summed E-state index contributed by atoms with van der Waals surface area (Å²) in [5.41, 5.74) is 2.04. The third-order valence-electron chi connectivity index (χ3n) is 2.37. The Morgan fingerprint density at radius 1 is 1.50 bits per heavy atom. The SMILES string of the molecule is Cc1cc2sc(NC(=O)c3cc[nH]n3)nc2cn1. The van der Waals surface area contributed by atoms with Gasteiger partial charge in [0.15, 0.2) is 5.13 Å². The minimum atomic E-state index is -0.278. The van der Waals surface area contributed by atoms with Crippen molar-refractivity contribution >= 4 is 32.6 Å². The van der Waals surface area contributed by atoms with Gasteiger partial charge in [-0.05, 0) is 19.1 Å². The standard InChI is InChI=1S/C11H9N5OS/c1-6-4-9-8(5-12-6)14-11(18-9)15-10(17)7-2-3-13-16-7/h2-5H,1H3,(H,13,16)(H,14,15,17). The minimum absolute atomic E-state index is 0.278. The summed E-state index contributed by atoms with van der Waals surface area (Å²) in [5.74, 6) is -0.278. The number of carbonyl (C=O) groups excluding carboxylic acids is 1. The molecule has 1 amide bonds. The van der Waals surface area contributed by atoms with Crippen molar-refractivity contribution < 1.29 is 4.79 Å². The van der Waals surface area contributed by atoms with E-state index in [4.69, 9.17) is 0 Å². The van der Waals surface area contributed by atoms with Crippen molar-refractivity contribution in [3.63, 3.8) is 0 Å². The second-order valence-electron chi connectivity index (χ2n) is 3.73. The van der Waals surface area contributed by atoms with E-state index in [2.05, 4.69) is 25.5 Å². The van der Waals surface area contributed by atoms with Crippen LogP contribution in [0.1, 0.15) is 16.2 Å². The Morgan fingerprint density at radius 2 is 2.39 bits per heavy atom. The second kappa shape index (κ2) is 4.19. The van der Waals surface area contributed by atoms with Crippen molar-refractivity contribution in [2.75, 3.05) is 5.32 Å². The zero-order valence-corrected chi connectivity index (χ0v) is 10.3. The number of hydrogen-bond donors (Lipinski definition) is 2. The molecule has 0 aliphatic carbocycles. The monoisotopic (exact) mass is 259 g/mol. The molecule has 0 aromatic carbocycles. The molecule has 3 rings (SSSR count). The van der Waals surface area contributed by atoms with Crippen molar-refractivity contribution in [3.05, 3.63) is 35.9 Å². The average Bonchev–Trinajstić information content (AvgIpc) is 2.95. The quantitative estimate of drug-likeness (QED) is 0.737. The Balaban J connectivity index is 1.89. The number of anilines is 1. The summed E-state index contributed by atoms with van der Waals surface area (Å²) in [6, 6.07) is 3.55. The van der Waals surface area contributed by atoms with Crippen LogP contribution in [0.4, 0.5) is 5.13 Å². The molecule has 3 aromatic rings. The molecule has 0 fully saturated rings. The van der Waals surface area contributed by atoms with Gasteiger partial charge in [-0.15, -0.1) is 0 Å². The maximum Gasteiger partial charge on any atom is 0.277 e. The number of hydrogen-bond acceptors (Lipinski definition) is 5. The third kappa shape index (κ3) is 1.95. The number of carbonyl (C=O) groups is 1. The Kier molecular flexibility index (Phi) is 2.52. The van der Waals surface area contributed by atoms with Gasteiger partial charge in [-0.25, -0.2) is 4.98 Å². The van der Waals surface area contributed by atoms with E-state index < -0.39 is 0 Å². The van der Waals surface area contributed by atoms with Crippen molar-refractivity contribution in [3.8, 4) is 0 Å². The second-order valence-corrected chi connectivity index (χ2v) is 4.76. The maximum atomic E-state index is 11.8. The normalized spacial score (nSPS) is 10.7. The number of nitrogens with one attached hydrogen (secondary N) is 2. The number of thiazole rings is 1. The van der Waals surface area contributed by atoms with Crippen LogP contribution in [0.5, 0.6) is 0 Å². The number of amides is 1. The molecule has 0 aliphatic heterocycles. The smallest absolute Gasteiger partial charge is 0.277 e. The molecule has 90 valence electrons. The Morgan fingerprint density at radius 3 is 3.17 bits per heavy atom. The highest BCUT2D eigenvalue weighted by Crippen LogP contribution is 2.25. The van der Waals surface area contributed by atoms with E-state index >= 15 is 0 Å². The predicted octanol–water partition coefficient (Wildman–Crippen LogP) is 1.98. The molecular formula is C11H9N5OS. The lowest BCUT2D eigenvalue weighted by Gasteiger charge is -1.95. The first-order valence-corrected chi connectivity index (χ1v) is 6.08. The molecule has 3 heterocycles. The van der Waals surface area contributed by atoms with Gasteiger partial charge in [0.2, 0.25) is 0 Å². The maximum absolute atomic E-state index is 11.8. The molecule has 0 unspecified atom stereocenters. The predicted molar refractivity (Wildman–Crippen MR) is 68.7 cm³/mol. The van der Waals surface area contributed by atoms with Crippen LogP contribution in [0.25, 0.3) is 10.2 Å². The van der Waals surface area contributed by atoms with E-state index in [0.29, 0.717) is 10.8 Å². The Labute approximate surface area is 106 Å². The molecule has 0 radical (unpaired) electrons. The van der Waals surface area contributed by atoms with E-state index in [1.165, 1.54) is 11.3 Å². The first-order valence-electron chi connectivity index (χ1n) is 5.27. The fourth-order valence-corrected chi connectivity index (χ4v) is 2.46. The molecule has 6 nitrogen and oxygen atoms in total. The number of fused-ring (bicyclic) bond motifs is 1. The van der Waals surface area contributed by atoms with E-state index in [9.17, 15) is 4.79 Å². The number of pyridine rings is 1. The Bertz CT molecular complexity index is 703. The van der Waals surface area contributed by atoms with Crippen LogP contribution in [0, 0.1) is 6.92 Å². The first-order chi connectivity index (χ1) is 8.72. The van der Waals surface area contributed by atoms with Gasteiger partial charge >= 0.3 is 0 Å². The zero-order chi connectivity index (χ0) is 12.5. The molecule has 0 aliphatic rings. The molecular weight excluding hydrogens is 250 g/mol. The topological polar surface area (TPSA) is 83.6 Å². The molecule has 0 bridgehead atoms. The summed E-state index contributed by atoms with van der Waals surface area (Å²) in [6.07, 6.45) is 3.30. The van der Waals surface area contributed by atoms with Gasteiger partial charge in [0.05, 0.1) is 10.9 Å². The summed E-state index contributed by atoms with van der Waals surface area (Å²) in [6.45, 7) is 1.92. The van der Waals surface area contributed by atoms with E-state index in [1.54, 1.807) is 18.5 Å². The number of aromatic amines is 1. The number of H-pyrrole nitrogens is 1. The number of aryl methyl sites for hydroxylation is 1. The Hall–Kier alpha value is -2.28. The van der Waals surface area contributed by atoms with Gasteiger partial charge in [-0.3, -0.25) is 20.2 Å². The van der Waals surface area contributed by atoms with Crippen molar-refractivity contribution in [1.82, 2.24) is 20.2 Å². The van der Waals surface area contributed by atoms with E-state index in [0.717, 1.165) is 15.9 Å². The van der Waals surface area contributed by atoms with Crippen LogP contribution in [0.2, 0.25) is 0 Å². The summed E-state index contributed by atoms with van der Waals surface area (Å²) in [7, 11) is 0. The highest BCUT2D eigenvalue weighted by atomic mass is 32.1. The average molecular weight is 259 g/mol. The number of nitrogens with zero attached hydrogens (tertiary/aromatic N) is 3. The fraction of sp³-hybridized carbons (Fsp3) is 0.0909. The largest absolute Gasteiger partial charge is 0.296 e. The molecule has 0 atom stereocenters. The molecule has 0 saturated carbocycles. The van der Waals surface area contributed by atoms with Gasteiger partial charge in [-0.1, -0.05) is 11.3 Å². The van der Waals surface area contributed by atoms with E-state index in [-0.39, 0.29) is 5.91 Å². The fourth-order valence-electron chi connectivity index (χ4n) is 1.53. The van der Waals surface area contributed by atoms with Gasteiger partial charge < -0.3 is 0 Å². The van der Waals surface area contributed by atoms with Gasteiger partial charge in [0.1, 0.15) is 11.2 Å². The highest BCUT2D eigenvalue weighted by Gasteiger charge is 2.11. The van der Waals surface area contributed by atoms with Crippen LogP contribution in [0.3, 0.4) is 0 Å². The molecule has 3 aromatic heterocycles. The summed E-state index contributed by atoms with van der Waals surface area (Å²) >= 11 is 1.42. The summed E-state index contributed by atoms with van der Waals surface area (Å²) < 4.78 is 1.000.